The first kappa shape index (κ1) is 17.2. The number of carbonyl (C=O) groups is 1. The van der Waals surface area contributed by atoms with Crippen LogP contribution in [0.2, 0.25) is 0 Å². The van der Waals surface area contributed by atoms with Crippen LogP contribution in [0.3, 0.4) is 0 Å². The third-order valence-electron chi connectivity index (χ3n) is 3.83. The standard InChI is InChI=1S/C17H24N4O2/c1-3-9-20(4-2)10-11-21-13-18-15-12-14(5-7-16(15)21)6-8-17(22)19-23/h5-8,12-13,23H,3-4,9-11H2,1-2H3,(H,19,22)/b8-6+. The number of nitrogens with zero attached hydrogens (tertiary/aromatic N) is 3. The lowest BCUT2D eigenvalue weighted by atomic mass is 10.2. The fraction of sp³-hybridized carbons (Fsp3) is 0.412. The molecule has 0 aliphatic heterocycles. The molecule has 0 bridgehead atoms. The van der Waals surface area contributed by atoms with Crippen molar-refractivity contribution in [2.45, 2.75) is 26.8 Å². The van der Waals surface area contributed by atoms with Gasteiger partial charge >= 0.3 is 0 Å². The van der Waals surface area contributed by atoms with Crippen LogP contribution in [0.4, 0.5) is 0 Å². The van der Waals surface area contributed by atoms with E-state index in [9.17, 15) is 4.79 Å². The Morgan fingerprint density at radius 1 is 1.39 bits per heavy atom. The van der Waals surface area contributed by atoms with Gasteiger partial charge in [0.2, 0.25) is 0 Å². The summed E-state index contributed by atoms with van der Waals surface area (Å²) in [5, 5.41) is 8.48. The second-order valence-electron chi connectivity index (χ2n) is 5.43. The number of hydroxylamine groups is 1. The van der Waals surface area contributed by atoms with Crippen molar-refractivity contribution in [2.75, 3.05) is 19.6 Å². The summed E-state index contributed by atoms with van der Waals surface area (Å²) in [6.45, 7) is 8.47. The molecule has 1 aromatic carbocycles. The summed E-state index contributed by atoms with van der Waals surface area (Å²) in [5.41, 5.74) is 4.42. The highest BCUT2D eigenvalue weighted by atomic mass is 16.5. The molecule has 0 aliphatic rings. The Morgan fingerprint density at radius 3 is 2.91 bits per heavy atom. The van der Waals surface area contributed by atoms with Gasteiger partial charge in [-0.25, -0.2) is 10.5 Å². The average molecular weight is 316 g/mol. The van der Waals surface area contributed by atoms with Crippen molar-refractivity contribution in [2.24, 2.45) is 0 Å². The number of imidazole rings is 1. The first-order valence-corrected chi connectivity index (χ1v) is 7.97. The van der Waals surface area contributed by atoms with E-state index in [4.69, 9.17) is 5.21 Å². The summed E-state index contributed by atoms with van der Waals surface area (Å²) >= 11 is 0. The molecule has 6 heteroatoms. The van der Waals surface area contributed by atoms with Gasteiger partial charge in [0.05, 0.1) is 17.4 Å². The van der Waals surface area contributed by atoms with Gasteiger partial charge in [-0.15, -0.1) is 0 Å². The van der Waals surface area contributed by atoms with Crippen LogP contribution < -0.4 is 5.48 Å². The Bertz CT molecular complexity index is 678. The molecule has 1 heterocycles. The Morgan fingerprint density at radius 2 is 2.22 bits per heavy atom. The smallest absolute Gasteiger partial charge is 0.267 e. The predicted octanol–water partition coefficient (Wildman–Crippen LogP) is 2.29. The van der Waals surface area contributed by atoms with Crippen molar-refractivity contribution in [3.05, 3.63) is 36.2 Å². The molecule has 0 aliphatic carbocycles. The van der Waals surface area contributed by atoms with E-state index < -0.39 is 5.91 Å². The van der Waals surface area contributed by atoms with Gasteiger partial charge in [0.15, 0.2) is 0 Å². The fourth-order valence-corrected chi connectivity index (χ4v) is 2.57. The Balaban J connectivity index is 2.09. The first-order chi connectivity index (χ1) is 11.2. The molecule has 1 amide bonds. The molecule has 0 atom stereocenters. The number of nitrogens with one attached hydrogen (secondary N) is 1. The largest absolute Gasteiger partial charge is 0.329 e. The van der Waals surface area contributed by atoms with E-state index in [1.807, 2.05) is 24.5 Å². The molecule has 2 aromatic rings. The van der Waals surface area contributed by atoms with Gasteiger partial charge < -0.3 is 9.47 Å². The number of rotatable bonds is 8. The quantitative estimate of drug-likeness (QED) is 0.445. The number of likely N-dealkylation sites (N-methyl/N-ethyl adjacent to an activating group) is 1. The lowest BCUT2D eigenvalue weighted by Crippen LogP contribution is -2.27. The lowest BCUT2D eigenvalue weighted by Gasteiger charge is -2.19. The van der Waals surface area contributed by atoms with Crippen molar-refractivity contribution in [3.8, 4) is 0 Å². The summed E-state index contributed by atoms with van der Waals surface area (Å²) < 4.78 is 2.15. The van der Waals surface area contributed by atoms with Crippen molar-refractivity contribution >= 4 is 23.0 Å². The molecule has 6 nitrogen and oxygen atoms in total. The molecule has 0 saturated carbocycles. The highest BCUT2D eigenvalue weighted by Gasteiger charge is 2.05. The molecular formula is C17H24N4O2. The number of aromatic nitrogens is 2. The maximum atomic E-state index is 11.0. The molecule has 0 spiro atoms. The number of hydrogen-bond donors (Lipinski definition) is 2. The Kier molecular flexibility index (Phi) is 6.31. The molecule has 2 N–H and O–H groups in total. The zero-order valence-corrected chi connectivity index (χ0v) is 13.7. The van der Waals surface area contributed by atoms with Crippen molar-refractivity contribution in [3.63, 3.8) is 0 Å². The van der Waals surface area contributed by atoms with Gasteiger partial charge in [-0.3, -0.25) is 10.0 Å². The van der Waals surface area contributed by atoms with E-state index in [1.165, 1.54) is 6.08 Å². The zero-order chi connectivity index (χ0) is 16.7. The maximum absolute atomic E-state index is 11.0. The minimum absolute atomic E-state index is 0.550. The number of benzene rings is 1. The summed E-state index contributed by atoms with van der Waals surface area (Å²) in [7, 11) is 0. The second kappa shape index (κ2) is 8.45. The predicted molar refractivity (Wildman–Crippen MR) is 91.1 cm³/mol. The van der Waals surface area contributed by atoms with E-state index in [2.05, 4.69) is 28.3 Å². The van der Waals surface area contributed by atoms with Gasteiger partial charge in [-0.2, -0.15) is 0 Å². The van der Waals surface area contributed by atoms with E-state index in [0.29, 0.717) is 0 Å². The van der Waals surface area contributed by atoms with Crippen LogP contribution >= 0.6 is 0 Å². The van der Waals surface area contributed by atoms with Gasteiger partial charge in [-0.05, 0) is 43.3 Å². The SMILES string of the molecule is CCCN(CC)CCn1cnc2cc(/C=C/C(=O)NO)ccc21. The molecular weight excluding hydrogens is 292 g/mol. The van der Waals surface area contributed by atoms with E-state index >= 15 is 0 Å². The molecule has 2 rings (SSSR count). The fourth-order valence-electron chi connectivity index (χ4n) is 2.57. The van der Waals surface area contributed by atoms with Crippen LogP contribution in [0.15, 0.2) is 30.6 Å². The van der Waals surface area contributed by atoms with Crippen LogP contribution in [0, 0.1) is 0 Å². The number of amides is 1. The third kappa shape index (κ3) is 4.64. The van der Waals surface area contributed by atoms with Crippen molar-refractivity contribution in [1.82, 2.24) is 19.9 Å². The van der Waals surface area contributed by atoms with Crippen molar-refractivity contribution in [1.29, 1.82) is 0 Å². The molecule has 0 saturated heterocycles. The van der Waals surface area contributed by atoms with Crippen LogP contribution in [0.1, 0.15) is 25.8 Å². The van der Waals surface area contributed by atoms with E-state index in [1.54, 1.807) is 11.6 Å². The monoisotopic (exact) mass is 316 g/mol. The molecule has 0 unspecified atom stereocenters. The van der Waals surface area contributed by atoms with Crippen LogP contribution in [0.5, 0.6) is 0 Å². The summed E-state index contributed by atoms with van der Waals surface area (Å²) in [6, 6.07) is 5.87. The van der Waals surface area contributed by atoms with Gasteiger partial charge in [0.25, 0.3) is 5.91 Å². The molecule has 124 valence electrons. The Labute approximate surface area is 136 Å². The highest BCUT2D eigenvalue weighted by molar-refractivity contribution is 5.91. The van der Waals surface area contributed by atoms with Gasteiger partial charge in [0, 0.05) is 19.2 Å². The second-order valence-corrected chi connectivity index (χ2v) is 5.43. The highest BCUT2D eigenvalue weighted by Crippen LogP contribution is 2.16. The molecule has 0 radical (unpaired) electrons. The summed E-state index contributed by atoms with van der Waals surface area (Å²) in [5.74, 6) is -0.550. The van der Waals surface area contributed by atoms with Crippen LogP contribution in [-0.2, 0) is 11.3 Å². The van der Waals surface area contributed by atoms with Crippen molar-refractivity contribution < 1.29 is 10.0 Å². The summed E-state index contributed by atoms with van der Waals surface area (Å²) in [4.78, 5) is 17.9. The maximum Gasteiger partial charge on any atom is 0.267 e. The third-order valence-corrected chi connectivity index (χ3v) is 3.83. The number of carbonyl (C=O) groups excluding carboxylic acids is 1. The Hall–Kier alpha value is -2.18. The lowest BCUT2D eigenvalue weighted by molar-refractivity contribution is -0.124. The minimum atomic E-state index is -0.550. The minimum Gasteiger partial charge on any atom is -0.329 e. The zero-order valence-electron chi connectivity index (χ0n) is 13.7. The average Bonchev–Trinajstić information content (AvgIpc) is 2.98. The molecule has 1 aromatic heterocycles. The van der Waals surface area contributed by atoms with Gasteiger partial charge in [-0.1, -0.05) is 19.9 Å². The van der Waals surface area contributed by atoms with Crippen LogP contribution in [0.25, 0.3) is 17.1 Å². The topological polar surface area (TPSA) is 70.4 Å². The molecule has 0 fully saturated rings. The van der Waals surface area contributed by atoms with Crippen LogP contribution in [-0.4, -0.2) is 45.2 Å². The van der Waals surface area contributed by atoms with E-state index in [-0.39, 0.29) is 0 Å². The number of fused-ring (bicyclic) bond motifs is 1. The van der Waals surface area contributed by atoms with Gasteiger partial charge in [0.1, 0.15) is 0 Å². The summed E-state index contributed by atoms with van der Waals surface area (Å²) in [6.07, 6.45) is 5.94. The first-order valence-electron chi connectivity index (χ1n) is 7.97. The normalized spacial score (nSPS) is 11.7. The number of hydrogen-bond acceptors (Lipinski definition) is 4. The van der Waals surface area contributed by atoms with E-state index in [0.717, 1.165) is 49.2 Å². The molecule has 23 heavy (non-hydrogen) atoms.